The Kier molecular flexibility index (Phi) is 7.79. The first-order valence-electron chi connectivity index (χ1n) is 11.3. The molecule has 0 bridgehead atoms. The van der Waals surface area contributed by atoms with E-state index in [1.165, 1.54) is 13.2 Å². The number of nitrogens with one attached hydrogen (secondary N) is 1. The summed E-state index contributed by atoms with van der Waals surface area (Å²) in [6, 6.07) is 10.2. The molecule has 10 nitrogen and oxygen atoms in total. The first-order valence-corrected chi connectivity index (χ1v) is 11.3. The molecule has 0 aliphatic carbocycles. The van der Waals surface area contributed by atoms with Crippen LogP contribution in [0.3, 0.4) is 0 Å². The lowest BCUT2D eigenvalue weighted by Gasteiger charge is -2.34. The smallest absolute Gasteiger partial charge is 0.491 e. The number of halogens is 6. The van der Waals surface area contributed by atoms with E-state index in [0.29, 0.717) is 12.3 Å². The predicted octanol–water partition coefficient (Wildman–Crippen LogP) is 3.01. The molecule has 0 saturated carbocycles. The first kappa shape index (κ1) is 28.2. The van der Waals surface area contributed by atoms with Gasteiger partial charge in [-0.2, -0.15) is 31.3 Å². The minimum absolute atomic E-state index is 0.172. The summed E-state index contributed by atoms with van der Waals surface area (Å²) in [4.78, 5) is 29.1. The molecule has 3 heterocycles. The molecular formula is C23H21F6N3O7. The van der Waals surface area contributed by atoms with Crippen LogP contribution in [-0.4, -0.2) is 68.6 Å². The Hall–Kier alpha value is -3.79. The maximum atomic E-state index is 12.9. The van der Waals surface area contributed by atoms with E-state index in [1.807, 2.05) is 12.1 Å². The number of hydrogen-bond acceptors (Lipinski definition) is 10. The molecule has 0 amide bonds. The quantitative estimate of drug-likeness (QED) is 0.330. The molecule has 1 aromatic heterocycles. The number of fused-ring (bicyclic) bond motifs is 1. The van der Waals surface area contributed by atoms with E-state index in [2.05, 4.69) is 19.8 Å². The summed E-state index contributed by atoms with van der Waals surface area (Å²) in [5.74, 6) is -8.95. The summed E-state index contributed by atoms with van der Waals surface area (Å²) < 4.78 is 102. The Labute approximate surface area is 216 Å². The van der Waals surface area contributed by atoms with Crippen LogP contribution in [0.1, 0.15) is 17.2 Å². The number of hydrogen-bond donors (Lipinski definition) is 1. The van der Waals surface area contributed by atoms with Crippen LogP contribution >= 0.6 is 0 Å². The summed E-state index contributed by atoms with van der Waals surface area (Å²) in [7, 11) is 1.53. The van der Waals surface area contributed by atoms with Crippen molar-refractivity contribution in [3.8, 4) is 11.6 Å². The third-order valence-electron chi connectivity index (χ3n) is 5.67. The zero-order valence-electron chi connectivity index (χ0n) is 20.1. The molecule has 0 radical (unpaired) electrons. The number of pyridine rings is 1. The highest BCUT2D eigenvalue weighted by Gasteiger charge is 2.55. The molecule has 212 valence electrons. The van der Waals surface area contributed by atoms with Gasteiger partial charge in [0.15, 0.2) is 0 Å². The van der Waals surface area contributed by atoms with E-state index in [0.717, 1.165) is 5.56 Å². The monoisotopic (exact) mass is 565 g/mol. The molecule has 1 aromatic carbocycles. The van der Waals surface area contributed by atoms with Gasteiger partial charge in [0.2, 0.25) is 5.88 Å². The standard InChI is InChI=1S/C23H21F6N3O7/c1-35-15-5-2-13(3-6-15)16-11-32(8-9-36-16)17-7-4-14-10-30-12-21(37-18(14)31-17,38-19(33)22(24,25)26)39-20(34)23(27,28)29/h2-7,16,30H,8-12H2,1H3. The third-order valence-corrected chi connectivity index (χ3v) is 5.67. The number of nitrogens with zero attached hydrogens (tertiary/aromatic N) is 2. The van der Waals surface area contributed by atoms with Crippen molar-refractivity contribution >= 4 is 17.8 Å². The molecular weight excluding hydrogens is 544 g/mol. The fourth-order valence-corrected chi connectivity index (χ4v) is 3.80. The average molecular weight is 565 g/mol. The number of aromatic nitrogens is 1. The van der Waals surface area contributed by atoms with Gasteiger partial charge in [0.25, 0.3) is 0 Å². The highest BCUT2D eigenvalue weighted by molar-refractivity contribution is 5.78. The first-order chi connectivity index (χ1) is 18.3. The maximum Gasteiger partial charge on any atom is 0.491 e. The number of rotatable bonds is 5. The van der Waals surface area contributed by atoms with Crippen molar-refractivity contribution in [2.75, 3.05) is 38.3 Å². The number of carbonyl (C=O) groups is 2. The number of benzene rings is 1. The summed E-state index contributed by atoms with van der Waals surface area (Å²) in [5, 5.41) is 2.45. The van der Waals surface area contributed by atoms with Gasteiger partial charge in [-0.05, 0) is 29.8 Å². The molecule has 1 N–H and O–H groups in total. The molecule has 2 aliphatic rings. The van der Waals surface area contributed by atoms with Crippen LogP contribution < -0.4 is 19.7 Å². The van der Waals surface area contributed by atoms with Crippen molar-refractivity contribution in [3.05, 3.63) is 47.5 Å². The van der Waals surface area contributed by atoms with Gasteiger partial charge in [0.05, 0.1) is 13.7 Å². The third kappa shape index (κ3) is 6.62. The van der Waals surface area contributed by atoms with Gasteiger partial charge < -0.3 is 33.9 Å². The van der Waals surface area contributed by atoms with Crippen LogP contribution in [0.2, 0.25) is 0 Å². The predicted molar refractivity (Wildman–Crippen MR) is 117 cm³/mol. The van der Waals surface area contributed by atoms with E-state index >= 15 is 0 Å². The molecule has 1 unspecified atom stereocenters. The second-order valence-electron chi connectivity index (χ2n) is 8.38. The molecule has 2 aromatic rings. The van der Waals surface area contributed by atoms with Crippen LogP contribution in [-0.2, 0) is 30.3 Å². The Balaban J connectivity index is 1.61. The van der Waals surface area contributed by atoms with Gasteiger partial charge in [-0.15, -0.1) is 0 Å². The lowest BCUT2D eigenvalue weighted by Crippen LogP contribution is -2.55. The second-order valence-corrected chi connectivity index (χ2v) is 8.38. The number of carbonyl (C=O) groups excluding carboxylic acids is 2. The van der Waals surface area contributed by atoms with E-state index in [1.54, 1.807) is 23.1 Å². The van der Waals surface area contributed by atoms with Crippen LogP contribution in [0.25, 0.3) is 0 Å². The SMILES string of the molecule is COc1ccc(C2CN(c3ccc4c(n3)OC(OC(=O)C(F)(F)F)(OC(=O)C(F)(F)F)CNC4)CCO2)cc1. The minimum Gasteiger partial charge on any atom is -0.497 e. The van der Waals surface area contributed by atoms with Crippen molar-refractivity contribution in [1.82, 2.24) is 10.3 Å². The number of ether oxygens (including phenoxy) is 5. The van der Waals surface area contributed by atoms with Gasteiger partial charge in [-0.3, -0.25) is 0 Å². The molecule has 16 heteroatoms. The fraction of sp³-hybridized carbons (Fsp3) is 0.435. The Morgan fingerprint density at radius 3 is 2.26 bits per heavy atom. The number of esters is 2. The van der Waals surface area contributed by atoms with E-state index < -0.39 is 48.8 Å². The van der Waals surface area contributed by atoms with E-state index in [4.69, 9.17) is 14.2 Å². The van der Waals surface area contributed by atoms with Gasteiger partial charge >= 0.3 is 30.3 Å². The molecule has 1 atom stereocenters. The van der Waals surface area contributed by atoms with Crippen LogP contribution in [0.5, 0.6) is 11.6 Å². The topological polar surface area (TPSA) is 108 Å². The highest BCUT2D eigenvalue weighted by Crippen LogP contribution is 2.34. The van der Waals surface area contributed by atoms with Crippen molar-refractivity contribution in [2.45, 2.75) is 31.0 Å². The van der Waals surface area contributed by atoms with Gasteiger partial charge in [0.1, 0.15) is 24.2 Å². The molecule has 39 heavy (non-hydrogen) atoms. The minimum atomic E-state index is -5.63. The van der Waals surface area contributed by atoms with E-state index in [-0.39, 0.29) is 31.1 Å². The van der Waals surface area contributed by atoms with Crippen molar-refractivity contribution in [3.63, 3.8) is 0 Å². The van der Waals surface area contributed by atoms with Crippen LogP contribution in [0, 0.1) is 0 Å². The Morgan fingerprint density at radius 2 is 1.67 bits per heavy atom. The number of methoxy groups -OCH3 is 1. The van der Waals surface area contributed by atoms with Crippen LogP contribution in [0.4, 0.5) is 32.2 Å². The average Bonchev–Trinajstić information content (AvgIpc) is 3.06. The molecule has 4 rings (SSSR count). The number of anilines is 1. The number of morpholine rings is 1. The van der Waals surface area contributed by atoms with Gasteiger partial charge in [-0.1, -0.05) is 12.1 Å². The maximum absolute atomic E-state index is 12.9. The summed E-state index contributed by atoms with van der Waals surface area (Å²) in [6.45, 7) is -0.329. The van der Waals surface area contributed by atoms with Crippen molar-refractivity contribution in [2.24, 2.45) is 0 Å². The Morgan fingerprint density at radius 1 is 1.03 bits per heavy atom. The van der Waals surface area contributed by atoms with E-state index in [9.17, 15) is 35.9 Å². The summed E-state index contributed by atoms with van der Waals surface area (Å²) in [5.41, 5.74) is 1.01. The molecule has 0 spiro atoms. The second kappa shape index (κ2) is 10.8. The number of alkyl halides is 6. The van der Waals surface area contributed by atoms with Gasteiger partial charge in [-0.25, -0.2) is 9.59 Å². The molecule has 1 fully saturated rings. The largest absolute Gasteiger partial charge is 0.497 e. The molecule has 1 saturated heterocycles. The summed E-state index contributed by atoms with van der Waals surface area (Å²) >= 11 is 0. The van der Waals surface area contributed by atoms with Gasteiger partial charge in [0, 0.05) is 25.2 Å². The highest BCUT2D eigenvalue weighted by atomic mass is 19.4. The lowest BCUT2D eigenvalue weighted by atomic mass is 10.1. The molecule has 2 aliphatic heterocycles. The Bertz CT molecular complexity index is 1180. The lowest BCUT2D eigenvalue weighted by molar-refractivity contribution is -0.331. The van der Waals surface area contributed by atoms with Crippen LogP contribution in [0.15, 0.2) is 36.4 Å². The van der Waals surface area contributed by atoms with Crippen molar-refractivity contribution < 1.29 is 59.6 Å². The normalized spacial score (nSPS) is 19.3. The summed E-state index contributed by atoms with van der Waals surface area (Å²) in [6.07, 6.45) is -11.7. The zero-order chi connectivity index (χ0) is 28.4. The zero-order valence-corrected chi connectivity index (χ0v) is 20.1. The van der Waals surface area contributed by atoms with Crippen molar-refractivity contribution in [1.29, 1.82) is 0 Å². The fourth-order valence-electron chi connectivity index (χ4n) is 3.80.